The molecule has 1 aromatic carbocycles. The zero-order valence-corrected chi connectivity index (χ0v) is 13.9. The van der Waals surface area contributed by atoms with E-state index in [1.165, 1.54) is 0 Å². The topological polar surface area (TPSA) is 120 Å². The SMILES string of the molecule is CCCN[C@@H]1C[C@H]2c3cc4c(c(O)c3C(=O)N[C@H]2[C@H](O)[C@@H]1O)OCO4. The molecule has 2 heterocycles. The van der Waals surface area contributed by atoms with E-state index in [1.807, 2.05) is 6.92 Å². The monoisotopic (exact) mass is 350 g/mol. The van der Waals surface area contributed by atoms with Gasteiger partial charge >= 0.3 is 0 Å². The lowest BCUT2D eigenvalue weighted by molar-refractivity contribution is -0.0551. The minimum absolute atomic E-state index is 0.0104. The maximum absolute atomic E-state index is 12.5. The number of ether oxygens (including phenoxy) is 2. The predicted molar refractivity (Wildman–Crippen MR) is 86.9 cm³/mol. The summed E-state index contributed by atoms with van der Waals surface area (Å²) in [4.78, 5) is 12.5. The van der Waals surface area contributed by atoms with Crippen LogP contribution in [0.15, 0.2) is 6.07 Å². The van der Waals surface area contributed by atoms with Gasteiger partial charge in [0.25, 0.3) is 5.91 Å². The largest absolute Gasteiger partial charge is 0.504 e. The van der Waals surface area contributed by atoms with E-state index in [-0.39, 0.29) is 35.8 Å². The second kappa shape index (κ2) is 6.05. The number of aliphatic hydroxyl groups excluding tert-OH is 2. The molecule has 0 aromatic heterocycles. The number of carbonyl (C=O) groups excluding carboxylic acids is 1. The van der Waals surface area contributed by atoms with Gasteiger partial charge < -0.3 is 35.4 Å². The molecule has 8 heteroatoms. The zero-order chi connectivity index (χ0) is 17.7. The van der Waals surface area contributed by atoms with Crippen LogP contribution < -0.4 is 20.1 Å². The van der Waals surface area contributed by atoms with Crippen LogP contribution in [0.1, 0.15) is 41.6 Å². The van der Waals surface area contributed by atoms with E-state index >= 15 is 0 Å². The highest BCUT2D eigenvalue weighted by Gasteiger charge is 2.49. The van der Waals surface area contributed by atoms with Crippen molar-refractivity contribution >= 4 is 5.91 Å². The number of phenols is 1. The van der Waals surface area contributed by atoms with E-state index in [0.717, 1.165) is 13.0 Å². The van der Waals surface area contributed by atoms with Crippen molar-refractivity contribution in [3.8, 4) is 17.2 Å². The molecule has 1 fully saturated rings. The lowest BCUT2D eigenvalue weighted by Gasteiger charge is -2.46. The Morgan fingerprint density at radius 3 is 2.88 bits per heavy atom. The lowest BCUT2D eigenvalue weighted by Crippen LogP contribution is -2.63. The average Bonchev–Trinajstić information content (AvgIpc) is 3.06. The molecule has 8 nitrogen and oxygen atoms in total. The molecule has 5 atom stereocenters. The third kappa shape index (κ3) is 2.44. The van der Waals surface area contributed by atoms with E-state index in [1.54, 1.807) is 6.07 Å². The van der Waals surface area contributed by atoms with Crippen molar-refractivity contribution in [1.29, 1.82) is 0 Å². The number of carbonyl (C=O) groups is 1. The van der Waals surface area contributed by atoms with Crippen molar-refractivity contribution < 1.29 is 29.6 Å². The van der Waals surface area contributed by atoms with E-state index in [4.69, 9.17) is 9.47 Å². The van der Waals surface area contributed by atoms with Crippen LogP contribution in [0.3, 0.4) is 0 Å². The first-order chi connectivity index (χ1) is 12.0. The summed E-state index contributed by atoms with van der Waals surface area (Å²) < 4.78 is 10.6. The molecule has 0 spiro atoms. The maximum Gasteiger partial charge on any atom is 0.255 e. The van der Waals surface area contributed by atoms with Crippen LogP contribution in [0, 0.1) is 0 Å². The number of nitrogens with one attached hydrogen (secondary N) is 2. The first-order valence-electron chi connectivity index (χ1n) is 8.58. The van der Waals surface area contributed by atoms with Gasteiger partial charge in [-0.15, -0.1) is 0 Å². The Bertz CT molecular complexity index is 709. The molecule has 1 aromatic rings. The second-order valence-electron chi connectivity index (χ2n) is 6.81. The minimum atomic E-state index is -1.10. The van der Waals surface area contributed by atoms with Crippen LogP contribution in [0.4, 0.5) is 0 Å². The van der Waals surface area contributed by atoms with E-state index in [2.05, 4.69) is 10.6 Å². The van der Waals surface area contributed by atoms with Gasteiger partial charge in [0.05, 0.1) is 17.7 Å². The molecule has 136 valence electrons. The Morgan fingerprint density at radius 2 is 2.12 bits per heavy atom. The summed E-state index contributed by atoms with van der Waals surface area (Å²) in [6, 6.07) is 0.788. The molecular weight excluding hydrogens is 328 g/mol. The van der Waals surface area contributed by atoms with Gasteiger partial charge in [-0.1, -0.05) is 6.92 Å². The fourth-order valence-corrected chi connectivity index (χ4v) is 4.09. The van der Waals surface area contributed by atoms with Crippen LogP contribution in [0.2, 0.25) is 0 Å². The highest BCUT2D eigenvalue weighted by molar-refractivity contribution is 6.01. The summed E-state index contributed by atoms with van der Waals surface area (Å²) in [5, 5.41) is 37.3. The number of fused-ring (bicyclic) bond motifs is 4. The number of hydrogen-bond acceptors (Lipinski definition) is 7. The summed E-state index contributed by atoms with van der Waals surface area (Å²) in [5.74, 6) is -0.411. The third-order valence-corrected chi connectivity index (χ3v) is 5.32. The van der Waals surface area contributed by atoms with Crippen molar-refractivity contribution in [2.45, 2.75) is 50.0 Å². The van der Waals surface area contributed by atoms with E-state index < -0.39 is 24.2 Å². The molecular formula is C17H22N2O6. The summed E-state index contributed by atoms with van der Waals surface area (Å²) in [7, 11) is 0. The van der Waals surface area contributed by atoms with Crippen molar-refractivity contribution in [2.75, 3.05) is 13.3 Å². The first-order valence-corrected chi connectivity index (χ1v) is 8.58. The number of amides is 1. The highest BCUT2D eigenvalue weighted by atomic mass is 16.7. The first kappa shape index (κ1) is 16.4. The van der Waals surface area contributed by atoms with Gasteiger partial charge in [-0.25, -0.2) is 0 Å². The molecule has 1 saturated carbocycles. The summed E-state index contributed by atoms with van der Waals surface area (Å²) in [5.41, 5.74) is 0.771. The highest BCUT2D eigenvalue weighted by Crippen LogP contribution is 2.49. The molecule has 5 N–H and O–H groups in total. The molecule has 0 unspecified atom stereocenters. The quantitative estimate of drug-likeness (QED) is 0.512. The van der Waals surface area contributed by atoms with Gasteiger partial charge in [-0.05, 0) is 31.0 Å². The van der Waals surface area contributed by atoms with Crippen LogP contribution in [0.25, 0.3) is 0 Å². The molecule has 0 radical (unpaired) electrons. The summed E-state index contributed by atoms with van der Waals surface area (Å²) >= 11 is 0. The van der Waals surface area contributed by atoms with Gasteiger partial charge in [0, 0.05) is 12.0 Å². The molecule has 3 aliphatic rings. The third-order valence-electron chi connectivity index (χ3n) is 5.32. The van der Waals surface area contributed by atoms with E-state index in [9.17, 15) is 20.1 Å². The summed E-state index contributed by atoms with van der Waals surface area (Å²) in [6.45, 7) is 2.73. The Morgan fingerprint density at radius 1 is 1.32 bits per heavy atom. The van der Waals surface area contributed by atoms with Crippen molar-refractivity contribution in [2.24, 2.45) is 0 Å². The Hall–Kier alpha value is -2.03. The predicted octanol–water partition coefficient (Wildman–Crippen LogP) is -0.190. The second-order valence-corrected chi connectivity index (χ2v) is 6.81. The molecule has 1 aliphatic carbocycles. The lowest BCUT2D eigenvalue weighted by atomic mass is 9.71. The molecule has 0 saturated heterocycles. The maximum atomic E-state index is 12.5. The Labute approximate surface area is 144 Å². The van der Waals surface area contributed by atoms with Crippen molar-refractivity contribution in [1.82, 2.24) is 10.6 Å². The number of benzene rings is 1. The molecule has 25 heavy (non-hydrogen) atoms. The standard InChI is InChI=1S/C17H22N2O6/c1-2-3-18-9-4-8-7-5-10-16(25-6-24-10)14(21)11(7)17(23)19-12(8)15(22)13(9)20/h5,8-9,12-13,15,18,20-22H,2-4,6H2,1H3,(H,19,23)/t8-,9+,12+,13+,15-/m0/s1. The van der Waals surface area contributed by atoms with Crippen LogP contribution in [0.5, 0.6) is 17.2 Å². The van der Waals surface area contributed by atoms with Crippen LogP contribution in [-0.4, -0.2) is 58.9 Å². The normalized spacial score (nSPS) is 32.8. The van der Waals surface area contributed by atoms with Gasteiger partial charge in [0.1, 0.15) is 6.10 Å². The molecule has 4 rings (SSSR count). The molecule has 2 aliphatic heterocycles. The van der Waals surface area contributed by atoms with Crippen LogP contribution >= 0.6 is 0 Å². The fourth-order valence-electron chi connectivity index (χ4n) is 4.09. The van der Waals surface area contributed by atoms with Gasteiger partial charge in [0.15, 0.2) is 11.5 Å². The van der Waals surface area contributed by atoms with Gasteiger partial charge in [-0.3, -0.25) is 4.79 Å². The van der Waals surface area contributed by atoms with Crippen molar-refractivity contribution in [3.63, 3.8) is 0 Å². The zero-order valence-electron chi connectivity index (χ0n) is 13.9. The number of rotatable bonds is 3. The fraction of sp³-hybridized carbons (Fsp3) is 0.588. The summed E-state index contributed by atoms with van der Waals surface area (Å²) in [6.07, 6.45) is -0.648. The van der Waals surface area contributed by atoms with Crippen molar-refractivity contribution in [3.05, 3.63) is 17.2 Å². The Kier molecular flexibility index (Phi) is 3.98. The smallest absolute Gasteiger partial charge is 0.255 e. The van der Waals surface area contributed by atoms with Crippen LogP contribution in [-0.2, 0) is 0 Å². The number of phenolic OH excluding ortho intramolecular Hbond substituents is 1. The van der Waals surface area contributed by atoms with E-state index in [0.29, 0.717) is 17.7 Å². The molecule has 1 amide bonds. The van der Waals surface area contributed by atoms with Gasteiger partial charge in [-0.2, -0.15) is 0 Å². The molecule has 0 bridgehead atoms. The Balaban J connectivity index is 1.76. The van der Waals surface area contributed by atoms with Gasteiger partial charge in [0.2, 0.25) is 12.5 Å². The minimum Gasteiger partial charge on any atom is -0.504 e. The average molecular weight is 350 g/mol. The number of hydrogen-bond donors (Lipinski definition) is 5. The number of aromatic hydroxyl groups is 1. The number of aliphatic hydroxyl groups is 2.